The first-order chi connectivity index (χ1) is 10.9. The van der Waals surface area contributed by atoms with Gasteiger partial charge in [0.15, 0.2) is 0 Å². The quantitative estimate of drug-likeness (QED) is 0.894. The van der Waals surface area contributed by atoms with E-state index in [2.05, 4.69) is 5.32 Å². The predicted octanol–water partition coefficient (Wildman–Crippen LogP) is 2.92. The van der Waals surface area contributed by atoms with E-state index in [9.17, 15) is 18.4 Å². The minimum Gasteiger partial charge on any atom is -0.481 e. The van der Waals surface area contributed by atoms with Gasteiger partial charge in [0.05, 0.1) is 12.0 Å². The molecule has 1 fully saturated rings. The maximum atomic E-state index is 13.9. The van der Waals surface area contributed by atoms with Gasteiger partial charge in [0.2, 0.25) is 0 Å². The normalized spacial score (nSPS) is 19.3. The zero-order valence-corrected chi connectivity index (χ0v) is 12.9. The lowest BCUT2D eigenvalue weighted by molar-refractivity contribution is -0.143. The first kappa shape index (κ1) is 17.2. The third-order valence-electron chi connectivity index (χ3n) is 4.10. The second-order valence-corrected chi connectivity index (χ2v) is 5.70. The Morgan fingerprint density at radius 2 is 2.17 bits per heavy atom. The number of aliphatic carboxylic acids is 1. The van der Waals surface area contributed by atoms with Gasteiger partial charge in [-0.2, -0.15) is 0 Å². The molecule has 0 aromatic heterocycles. The second-order valence-electron chi connectivity index (χ2n) is 5.70. The van der Waals surface area contributed by atoms with E-state index in [1.165, 1.54) is 4.90 Å². The van der Waals surface area contributed by atoms with Crippen LogP contribution < -0.4 is 5.32 Å². The van der Waals surface area contributed by atoms with Gasteiger partial charge < -0.3 is 15.3 Å². The van der Waals surface area contributed by atoms with Gasteiger partial charge in [-0.25, -0.2) is 13.6 Å². The maximum absolute atomic E-state index is 13.9. The molecule has 1 saturated heterocycles. The van der Waals surface area contributed by atoms with Gasteiger partial charge in [0, 0.05) is 18.7 Å². The highest BCUT2D eigenvalue weighted by Crippen LogP contribution is 2.23. The van der Waals surface area contributed by atoms with Gasteiger partial charge >= 0.3 is 12.0 Å². The number of likely N-dealkylation sites (tertiary alicyclic amines) is 1. The van der Waals surface area contributed by atoms with E-state index >= 15 is 0 Å². The molecule has 2 rings (SSSR count). The van der Waals surface area contributed by atoms with Gasteiger partial charge in [-0.1, -0.05) is 6.92 Å². The molecule has 126 valence electrons. The molecule has 0 radical (unpaired) electrons. The Bertz CT molecular complexity index is 595. The Balaban J connectivity index is 2.07. The van der Waals surface area contributed by atoms with Crippen LogP contribution in [0.4, 0.5) is 13.6 Å². The van der Waals surface area contributed by atoms with Crippen molar-refractivity contribution < 1.29 is 23.5 Å². The number of carbonyl (C=O) groups is 2. The van der Waals surface area contributed by atoms with E-state index in [-0.39, 0.29) is 12.1 Å². The molecule has 1 aromatic rings. The molecular weight excluding hydrogens is 306 g/mol. The molecule has 0 aliphatic carbocycles. The number of benzene rings is 1. The van der Waals surface area contributed by atoms with Crippen molar-refractivity contribution in [2.24, 2.45) is 5.92 Å². The molecule has 1 heterocycles. The summed E-state index contributed by atoms with van der Waals surface area (Å²) in [6, 6.07) is 2.01. The maximum Gasteiger partial charge on any atom is 0.317 e. The first-order valence-corrected chi connectivity index (χ1v) is 7.65. The van der Waals surface area contributed by atoms with Crippen molar-refractivity contribution in [3.05, 3.63) is 35.4 Å². The third kappa shape index (κ3) is 4.18. The van der Waals surface area contributed by atoms with Crippen LogP contribution in [0.25, 0.3) is 0 Å². The summed E-state index contributed by atoms with van der Waals surface area (Å²) in [5, 5.41) is 11.7. The van der Waals surface area contributed by atoms with Crippen LogP contribution in [0, 0.1) is 17.6 Å². The molecule has 0 saturated carbocycles. The molecule has 0 bridgehead atoms. The van der Waals surface area contributed by atoms with Crippen LogP contribution in [0.15, 0.2) is 18.2 Å². The van der Waals surface area contributed by atoms with Crippen LogP contribution in [0.1, 0.15) is 37.8 Å². The van der Waals surface area contributed by atoms with Crippen molar-refractivity contribution in [1.82, 2.24) is 10.2 Å². The largest absolute Gasteiger partial charge is 0.481 e. The molecule has 2 unspecified atom stereocenters. The van der Waals surface area contributed by atoms with E-state index in [0.717, 1.165) is 18.2 Å². The lowest BCUT2D eigenvalue weighted by Crippen LogP contribution is -2.47. The summed E-state index contributed by atoms with van der Waals surface area (Å²) in [4.78, 5) is 24.8. The smallest absolute Gasteiger partial charge is 0.317 e. The van der Waals surface area contributed by atoms with E-state index in [1.54, 1.807) is 6.92 Å². The van der Waals surface area contributed by atoms with Gasteiger partial charge in [0.25, 0.3) is 0 Å². The van der Waals surface area contributed by atoms with Crippen LogP contribution in [0.2, 0.25) is 0 Å². The molecule has 0 spiro atoms. The number of hydrogen-bond donors (Lipinski definition) is 2. The third-order valence-corrected chi connectivity index (χ3v) is 4.10. The van der Waals surface area contributed by atoms with Crippen LogP contribution in [-0.2, 0) is 4.79 Å². The molecule has 23 heavy (non-hydrogen) atoms. The number of rotatable bonds is 4. The highest BCUT2D eigenvalue weighted by molar-refractivity contribution is 5.77. The minimum absolute atomic E-state index is 0.0904. The van der Waals surface area contributed by atoms with Crippen molar-refractivity contribution in [3.63, 3.8) is 0 Å². The minimum atomic E-state index is -0.925. The predicted molar refractivity (Wildman–Crippen MR) is 79.9 cm³/mol. The zero-order valence-electron chi connectivity index (χ0n) is 12.9. The van der Waals surface area contributed by atoms with E-state index in [4.69, 9.17) is 5.11 Å². The molecule has 7 heteroatoms. The molecule has 1 aliphatic heterocycles. The molecule has 2 atom stereocenters. The number of hydrogen-bond acceptors (Lipinski definition) is 2. The monoisotopic (exact) mass is 326 g/mol. The van der Waals surface area contributed by atoms with Crippen molar-refractivity contribution in [3.8, 4) is 0 Å². The van der Waals surface area contributed by atoms with Crippen molar-refractivity contribution in [1.29, 1.82) is 0 Å². The Labute approximate surface area is 133 Å². The van der Waals surface area contributed by atoms with E-state index < -0.39 is 35.6 Å². The number of carboxylic acid groups (broad SMARTS) is 1. The summed E-state index contributed by atoms with van der Waals surface area (Å²) in [5.41, 5.74) is 0.0904. The SMILES string of the molecule is CCC(NC(=O)N1CCCC(C(=O)O)C1)c1cc(F)ccc1F. The van der Waals surface area contributed by atoms with Gasteiger partial charge in [-0.3, -0.25) is 4.79 Å². The average Bonchev–Trinajstić information content (AvgIpc) is 2.55. The summed E-state index contributed by atoms with van der Waals surface area (Å²) >= 11 is 0. The summed E-state index contributed by atoms with van der Waals surface area (Å²) in [7, 11) is 0. The fraction of sp³-hybridized carbons (Fsp3) is 0.500. The molecule has 1 aliphatic rings. The number of nitrogens with zero attached hydrogens (tertiary/aromatic N) is 1. The van der Waals surface area contributed by atoms with Crippen molar-refractivity contribution in [2.45, 2.75) is 32.2 Å². The Morgan fingerprint density at radius 3 is 2.83 bits per heavy atom. The van der Waals surface area contributed by atoms with Crippen LogP contribution in [0.5, 0.6) is 0 Å². The van der Waals surface area contributed by atoms with Gasteiger partial charge in [-0.15, -0.1) is 0 Å². The number of nitrogens with one attached hydrogen (secondary N) is 1. The van der Waals surface area contributed by atoms with E-state index in [0.29, 0.717) is 25.8 Å². The van der Waals surface area contributed by atoms with E-state index in [1.807, 2.05) is 0 Å². The Morgan fingerprint density at radius 1 is 1.43 bits per heavy atom. The lowest BCUT2D eigenvalue weighted by atomic mass is 9.98. The van der Waals surface area contributed by atoms with Crippen molar-refractivity contribution in [2.75, 3.05) is 13.1 Å². The fourth-order valence-electron chi connectivity index (χ4n) is 2.78. The molecule has 2 N–H and O–H groups in total. The van der Waals surface area contributed by atoms with Crippen LogP contribution >= 0.6 is 0 Å². The number of urea groups is 1. The topological polar surface area (TPSA) is 69.6 Å². The number of piperidine rings is 1. The first-order valence-electron chi connectivity index (χ1n) is 7.65. The number of amides is 2. The fourth-order valence-corrected chi connectivity index (χ4v) is 2.78. The number of carboxylic acids is 1. The van der Waals surface area contributed by atoms with Gasteiger partial charge in [0.1, 0.15) is 11.6 Å². The standard InChI is InChI=1S/C16H20F2N2O3/c1-2-14(12-8-11(17)5-6-13(12)18)19-16(23)20-7-3-4-10(9-20)15(21)22/h5-6,8,10,14H,2-4,7,9H2,1H3,(H,19,23)(H,21,22). The van der Waals surface area contributed by atoms with Crippen LogP contribution in [-0.4, -0.2) is 35.1 Å². The number of halogens is 2. The van der Waals surface area contributed by atoms with Gasteiger partial charge in [-0.05, 0) is 37.5 Å². The second kappa shape index (κ2) is 7.39. The number of carbonyl (C=O) groups excluding carboxylic acids is 1. The summed E-state index contributed by atoms with van der Waals surface area (Å²) in [5.74, 6) is -2.66. The van der Waals surface area contributed by atoms with Crippen molar-refractivity contribution >= 4 is 12.0 Å². The summed E-state index contributed by atoms with van der Waals surface area (Å²) in [6.07, 6.45) is 1.53. The molecule has 2 amide bonds. The molecule has 1 aromatic carbocycles. The lowest BCUT2D eigenvalue weighted by Gasteiger charge is -2.32. The average molecular weight is 326 g/mol. The van der Waals surface area contributed by atoms with Crippen LogP contribution in [0.3, 0.4) is 0 Å². The molecule has 5 nitrogen and oxygen atoms in total. The Kier molecular flexibility index (Phi) is 5.52. The highest BCUT2D eigenvalue weighted by Gasteiger charge is 2.29. The Hall–Kier alpha value is -2.18. The summed E-state index contributed by atoms with van der Waals surface area (Å²) < 4.78 is 27.2. The molecular formula is C16H20F2N2O3. The zero-order chi connectivity index (χ0) is 17.0. The summed E-state index contributed by atoms with van der Waals surface area (Å²) in [6.45, 7) is 2.34. The highest BCUT2D eigenvalue weighted by atomic mass is 19.1.